The number of fused-ring (bicyclic) bond motifs is 1. The standard InChI is InChI=1S/C13H14N4O2/c18-13(16-9-7-14-15-8-9)17-11-5-6-19-12-4-2-1-3-10(11)12/h1-4,7-8,11H,5-6H2,(H,14,15)(H2,16,17,18). The van der Waals surface area contributed by atoms with Crippen LogP contribution in [0.1, 0.15) is 18.0 Å². The zero-order valence-electron chi connectivity index (χ0n) is 10.2. The lowest BCUT2D eigenvalue weighted by molar-refractivity contribution is 0.232. The number of hydrogen-bond donors (Lipinski definition) is 3. The summed E-state index contributed by atoms with van der Waals surface area (Å²) in [5.74, 6) is 0.836. The summed E-state index contributed by atoms with van der Waals surface area (Å²) in [5.41, 5.74) is 1.65. The van der Waals surface area contributed by atoms with Crippen molar-refractivity contribution in [1.29, 1.82) is 0 Å². The quantitative estimate of drug-likeness (QED) is 0.771. The second kappa shape index (κ2) is 5.01. The molecule has 0 saturated heterocycles. The van der Waals surface area contributed by atoms with Gasteiger partial charge in [-0.3, -0.25) is 5.10 Å². The predicted molar refractivity (Wildman–Crippen MR) is 70.0 cm³/mol. The van der Waals surface area contributed by atoms with Crippen LogP contribution < -0.4 is 15.4 Å². The molecule has 98 valence electrons. The smallest absolute Gasteiger partial charge is 0.319 e. The summed E-state index contributed by atoms with van der Waals surface area (Å²) in [7, 11) is 0. The largest absolute Gasteiger partial charge is 0.493 e. The Morgan fingerprint density at radius 3 is 3.16 bits per heavy atom. The van der Waals surface area contributed by atoms with Crippen molar-refractivity contribution in [2.24, 2.45) is 0 Å². The van der Waals surface area contributed by atoms with Gasteiger partial charge >= 0.3 is 6.03 Å². The lowest BCUT2D eigenvalue weighted by Gasteiger charge is -2.26. The molecule has 0 saturated carbocycles. The number of nitrogens with zero attached hydrogens (tertiary/aromatic N) is 1. The third-order valence-electron chi connectivity index (χ3n) is 3.02. The number of urea groups is 1. The van der Waals surface area contributed by atoms with Gasteiger partial charge in [0.15, 0.2) is 0 Å². The highest BCUT2D eigenvalue weighted by molar-refractivity contribution is 5.89. The van der Waals surface area contributed by atoms with Gasteiger partial charge in [0, 0.05) is 18.2 Å². The van der Waals surface area contributed by atoms with Gasteiger partial charge in [0.05, 0.1) is 24.5 Å². The van der Waals surface area contributed by atoms with Gasteiger partial charge in [0.25, 0.3) is 0 Å². The van der Waals surface area contributed by atoms with Gasteiger partial charge in [-0.05, 0) is 6.07 Å². The van der Waals surface area contributed by atoms with Gasteiger partial charge in [-0.2, -0.15) is 5.10 Å². The monoisotopic (exact) mass is 258 g/mol. The first-order valence-corrected chi connectivity index (χ1v) is 6.11. The predicted octanol–water partition coefficient (Wildman–Crippen LogP) is 2.05. The molecule has 1 atom stereocenters. The first kappa shape index (κ1) is 11.6. The van der Waals surface area contributed by atoms with Crippen LogP contribution in [-0.2, 0) is 0 Å². The van der Waals surface area contributed by atoms with Crippen molar-refractivity contribution >= 4 is 11.7 Å². The molecule has 6 nitrogen and oxygen atoms in total. The summed E-state index contributed by atoms with van der Waals surface area (Å²) in [4.78, 5) is 11.9. The number of nitrogens with one attached hydrogen (secondary N) is 3. The van der Waals surface area contributed by atoms with Crippen molar-refractivity contribution in [2.45, 2.75) is 12.5 Å². The molecule has 1 aliphatic rings. The highest BCUT2D eigenvalue weighted by Crippen LogP contribution is 2.31. The van der Waals surface area contributed by atoms with E-state index in [0.717, 1.165) is 17.7 Å². The molecule has 2 amide bonds. The Morgan fingerprint density at radius 2 is 2.32 bits per heavy atom. The lowest BCUT2D eigenvalue weighted by atomic mass is 10.0. The number of hydrogen-bond acceptors (Lipinski definition) is 3. The SMILES string of the molecule is O=C(Nc1cn[nH]c1)NC1CCOc2ccccc21. The van der Waals surface area contributed by atoms with Crippen LogP contribution in [0.4, 0.5) is 10.5 Å². The van der Waals surface area contributed by atoms with Gasteiger partial charge in [-0.15, -0.1) is 0 Å². The molecule has 1 aromatic heterocycles. The maximum absolute atomic E-state index is 11.9. The normalized spacial score (nSPS) is 17.2. The zero-order valence-corrected chi connectivity index (χ0v) is 10.2. The number of rotatable bonds is 2. The summed E-state index contributed by atoms with van der Waals surface area (Å²) >= 11 is 0. The van der Waals surface area contributed by atoms with Crippen molar-refractivity contribution < 1.29 is 9.53 Å². The lowest BCUT2D eigenvalue weighted by Crippen LogP contribution is -2.35. The number of para-hydroxylation sites is 1. The minimum Gasteiger partial charge on any atom is -0.493 e. The van der Waals surface area contributed by atoms with E-state index in [-0.39, 0.29) is 12.1 Å². The van der Waals surface area contributed by atoms with E-state index in [1.807, 2.05) is 24.3 Å². The van der Waals surface area contributed by atoms with E-state index < -0.39 is 0 Å². The first-order chi connectivity index (χ1) is 9.33. The number of carbonyl (C=O) groups is 1. The summed E-state index contributed by atoms with van der Waals surface area (Å²) < 4.78 is 5.55. The number of carbonyl (C=O) groups excluding carboxylic acids is 1. The summed E-state index contributed by atoms with van der Waals surface area (Å²) in [6.45, 7) is 0.605. The number of aromatic nitrogens is 2. The fraction of sp³-hybridized carbons (Fsp3) is 0.231. The Bertz CT molecular complexity index is 568. The Morgan fingerprint density at radius 1 is 1.42 bits per heavy atom. The van der Waals surface area contributed by atoms with E-state index in [1.165, 1.54) is 0 Å². The van der Waals surface area contributed by atoms with Gasteiger partial charge in [-0.1, -0.05) is 18.2 Å². The zero-order chi connectivity index (χ0) is 13.1. The number of aromatic amines is 1. The molecular formula is C13H14N4O2. The number of H-pyrrole nitrogens is 1. The summed E-state index contributed by atoms with van der Waals surface area (Å²) in [6.07, 6.45) is 3.94. The van der Waals surface area contributed by atoms with Crippen LogP contribution in [0.25, 0.3) is 0 Å². The third-order valence-corrected chi connectivity index (χ3v) is 3.02. The molecular weight excluding hydrogens is 244 g/mol. The highest BCUT2D eigenvalue weighted by Gasteiger charge is 2.22. The average molecular weight is 258 g/mol. The van der Waals surface area contributed by atoms with Crippen LogP contribution in [0.5, 0.6) is 5.75 Å². The molecule has 1 unspecified atom stereocenters. The Balaban J connectivity index is 1.69. The Labute approximate surface area is 110 Å². The van der Waals surface area contributed by atoms with E-state index in [9.17, 15) is 4.79 Å². The van der Waals surface area contributed by atoms with E-state index in [0.29, 0.717) is 12.3 Å². The van der Waals surface area contributed by atoms with Gasteiger partial charge in [0.1, 0.15) is 5.75 Å². The number of ether oxygens (including phenoxy) is 1. The van der Waals surface area contributed by atoms with Crippen molar-refractivity contribution in [1.82, 2.24) is 15.5 Å². The minimum absolute atomic E-state index is 0.0307. The van der Waals surface area contributed by atoms with Crippen molar-refractivity contribution in [3.05, 3.63) is 42.2 Å². The number of amides is 2. The summed E-state index contributed by atoms with van der Waals surface area (Å²) in [6, 6.07) is 7.47. The second-order valence-corrected chi connectivity index (χ2v) is 4.31. The molecule has 6 heteroatoms. The van der Waals surface area contributed by atoms with Crippen LogP contribution >= 0.6 is 0 Å². The molecule has 0 aliphatic carbocycles. The summed E-state index contributed by atoms with van der Waals surface area (Å²) in [5, 5.41) is 12.1. The van der Waals surface area contributed by atoms with E-state index >= 15 is 0 Å². The van der Waals surface area contributed by atoms with E-state index in [2.05, 4.69) is 20.8 Å². The van der Waals surface area contributed by atoms with Gasteiger partial charge in [-0.25, -0.2) is 4.79 Å². The molecule has 0 radical (unpaired) electrons. The Hall–Kier alpha value is -2.50. The fourth-order valence-corrected chi connectivity index (χ4v) is 2.14. The molecule has 0 spiro atoms. The van der Waals surface area contributed by atoms with Crippen molar-refractivity contribution in [2.75, 3.05) is 11.9 Å². The van der Waals surface area contributed by atoms with Crippen LogP contribution in [0.3, 0.4) is 0 Å². The second-order valence-electron chi connectivity index (χ2n) is 4.31. The average Bonchev–Trinajstić information content (AvgIpc) is 2.92. The molecule has 19 heavy (non-hydrogen) atoms. The molecule has 0 bridgehead atoms. The van der Waals surface area contributed by atoms with Gasteiger partial charge in [0.2, 0.25) is 0 Å². The number of benzene rings is 1. The molecule has 1 aromatic carbocycles. The maximum atomic E-state index is 11.9. The Kier molecular flexibility index (Phi) is 3.06. The fourth-order valence-electron chi connectivity index (χ4n) is 2.14. The van der Waals surface area contributed by atoms with Crippen LogP contribution in [0.2, 0.25) is 0 Å². The van der Waals surface area contributed by atoms with Crippen molar-refractivity contribution in [3.63, 3.8) is 0 Å². The maximum Gasteiger partial charge on any atom is 0.319 e. The van der Waals surface area contributed by atoms with E-state index in [1.54, 1.807) is 12.4 Å². The van der Waals surface area contributed by atoms with E-state index in [4.69, 9.17) is 4.74 Å². The topological polar surface area (TPSA) is 79.0 Å². The highest BCUT2D eigenvalue weighted by atomic mass is 16.5. The van der Waals surface area contributed by atoms with Crippen molar-refractivity contribution in [3.8, 4) is 5.75 Å². The molecule has 2 heterocycles. The number of anilines is 1. The van der Waals surface area contributed by atoms with Gasteiger partial charge < -0.3 is 15.4 Å². The minimum atomic E-state index is -0.247. The van der Waals surface area contributed by atoms with Crippen LogP contribution in [0, 0.1) is 0 Å². The van der Waals surface area contributed by atoms with Crippen LogP contribution in [0.15, 0.2) is 36.7 Å². The molecule has 2 aromatic rings. The third kappa shape index (κ3) is 2.52. The molecule has 0 fully saturated rings. The first-order valence-electron chi connectivity index (χ1n) is 6.11. The van der Waals surface area contributed by atoms with Crippen LogP contribution in [-0.4, -0.2) is 22.8 Å². The molecule has 1 aliphatic heterocycles. The molecule has 3 rings (SSSR count). The molecule has 3 N–H and O–H groups in total.